The molecule has 0 fully saturated rings. The monoisotopic (exact) mass is 670 g/mol. The lowest BCUT2D eigenvalue weighted by molar-refractivity contribution is 0.682. The summed E-state index contributed by atoms with van der Waals surface area (Å²) in [5.74, 6) is 0. The third-order valence-electron chi connectivity index (χ3n) is 11.0. The van der Waals surface area contributed by atoms with Crippen LogP contribution in [-0.4, -0.2) is 4.21 Å². The van der Waals surface area contributed by atoms with Crippen molar-refractivity contribution < 1.29 is 4.21 Å². The van der Waals surface area contributed by atoms with E-state index >= 15 is 4.21 Å². The zero-order valence-corrected chi connectivity index (χ0v) is 28.3. The quantitative estimate of drug-likeness (QED) is 0.183. The second-order valence-corrected chi connectivity index (χ2v) is 14.8. The van der Waals surface area contributed by atoms with Crippen LogP contribution in [0.25, 0.3) is 21.9 Å². The third kappa shape index (κ3) is 3.75. The van der Waals surface area contributed by atoms with Gasteiger partial charge in [0.25, 0.3) is 0 Å². The predicted octanol–water partition coefficient (Wildman–Crippen LogP) is 11.9. The molecule has 51 heavy (non-hydrogen) atoms. The Hall–Kier alpha value is -6.23. The van der Waals surface area contributed by atoms with Crippen LogP contribution in [0.15, 0.2) is 192 Å². The Labute approximate surface area is 299 Å². The number of rotatable bonds is 2. The largest absolute Gasteiger partial charge is 0.310 e. The average Bonchev–Trinajstić information content (AvgIpc) is 3.49. The van der Waals surface area contributed by atoms with Gasteiger partial charge in [-0.25, -0.2) is 4.21 Å². The number of hydrogen-bond acceptors (Lipinski definition) is 3. The van der Waals surface area contributed by atoms with Crippen molar-refractivity contribution in [3.05, 3.63) is 204 Å². The molecule has 240 valence electrons. The molecular formula is C47H30N2OS. The summed E-state index contributed by atoms with van der Waals surface area (Å²) in [5.41, 5.74) is 12.8. The Morgan fingerprint density at radius 3 is 1.76 bits per heavy atom. The van der Waals surface area contributed by atoms with Crippen molar-refractivity contribution in [1.29, 1.82) is 0 Å². The third-order valence-corrected chi connectivity index (χ3v) is 12.5. The number of nitrogens with zero attached hydrogens (tertiary/aromatic N) is 2. The van der Waals surface area contributed by atoms with Gasteiger partial charge < -0.3 is 9.80 Å². The molecule has 1 aliphatic carbocycles. The molecule has 0 aromatic heterocycles. The van der Waals surface area contributed by atoms with Crippen LogP contribution >= 0.6 is 0 Å². The Morgan fingerprint density at radius 1 is 0.412 bits per heavy atom. The summed E-state index contributed by atoms with van der Waals surface area (Å²) < 4.78 is 15.1. The Kier molecular flexibility index (Phi) is 5.96. The first-order valence-corrected chi connectivity index (χ1v) is 18.5. The molecule has 1 atom stereocenters. The number of hydrogen-bond donors (Lipinski definition) is 0. The fourth-order valence-corrected chi connectivity index (χ4v) is 10.5. The molecule has 0 saturated heterocycles. The summed E-state index contributed by atoms with van der Waals surface area (Å²) in [7, 11) is -1.43. The van der Waals surface area contributed by atoms with E-state index in [1.54, 1.807) is 0 Å². The summed E-state index contributed by atoms with van der Waals surface area (Å²) in [4.78, 5) is 6.39. The van der Waals surface area contributed by atoms with Gasteiger partial charge in [-0.1, -0.05) is 127 Å². The van der Waals surface area contributed by atoms with Crippen LogP contribution in [0.2, 0.25) is 0 Å². The van der Waals surface area contributed by atoms with E-state index < -0.39 is 16.2 Å². The lowest BCUT2D eigenvalue weighted by Gasteiger charge is -2.45. The highest BCUT2D eigenvalue weighted by atomic mass is 32.2. The minimum absolute atomic E-state index is 0.617. The van der Waals surface area contributed by atoms with E-state index in [4.69, 9.17) is 0 Å². The zero-order valence-electron chi connectivity index (χ0n) is 27.5. The molecule has 8 aromatic carbocycles. The van der Waals surface area contributed by atoms with Crippen molar-refractivity contribution >= 4 is 55.7 Å². The van der Waals surface area contributed by atoms with Gasteiger partial charge in [-0.15, -0.1) is 0 Å². The van der Waals surface area contributed by atoms with Crippen molar-refractivity contribution in [3.63, 3.8) is 0 Å². The van der Waals surface area contributed by atoms with Crippen LogP contribution in [0, 0.1) is 0 Å². The van der Waals surface area contributed by atoms with Crippen LogP contribution in [0.1, 0.15) is 22.3 Å². The highest BCUT2D eigenvalue weighted by Crippen LogP contribution is 2.65. The molecule has 2 aliphatic heterocycles. The maximum Gasteiger partial charge on any atom is 0.0898 e. The molecule has 11 rings (SSSR count). The second-order valence-electron chi connectivity index (χ2n) is 13.4. The average molecular weight is 671 g/mol. The molecule has 1 unspecified atom stereocenters. The molecule has 0 N–H and O–H groups in total. The summed E-state index contributed by atoms with van der Waals surface area (Å²) in [6.45, 7) is 0. The van der Waals surface area contributed by atoms with Gasteiger partial charge in [-0.05, 0) is 93.2 Å². The zero-order chi connectivity index (χ0) is 33.7. The highest BCUT2D eigenvalue weighted by Gasteiger charge is 2.53. The molecule has 8 aromatic rings. The number of benzene rings is 8. The van der Waals surface area contributed by atoms with Gasteiger partial charge in [-0.2, -0.15) is 0 Å². The first-order chi connectivity index (χ1) is 25.2. The van der Waals surface area contributed by atoms with Crippen LogP contribution in [-0.2, 0) is 16.2 Å². The molecule has 1 spiro atoms. The molecule has 0 radical (unpaired) electrons. The Morgan fingerprint density at radius 2 is 1.00 bits per heavy atom. The van der Waals surface area contributed by atoms with E-state index in [0.717, 1.165) is 55.0 Å². The van der Waals surface area contributed by atoms with Crippen LogP contribution in [0.3, 0.4) is 0 Å². The van der Waals surface area contributed by atoms with Crippen molar-refractivity contribution in [3.8, 4) is 11.1 Å². The van der Waals surface area contributed by atoms with Gasteiger partial charge in [0, 0.05) is 16.9 Å². The van der Waals surface area contributed by atoms with E-state index in [0.29, 0.717) is 0 Å². The summed E-state index contributed by atoms with van der Waals surface area (Å²) in [6, 6.07) is 64.9. The fourth-order valence-electron chi connectivity index (χ4n) is 9.00. The highest BCUT2D eigenvalue weighted by molar-refractivity contribution is 7.85. The van der Waals surface area contributed by atoms with Crippen molar-refractivity contribution in [1.82, 2.24) is 0 Å². The minimum Gasteiger partial charge on any atom is -0.310 e. The van der Waals surface area contributed by atoms with Gasteiger partial charge in [-0.3, -0.25) is 0 Å². The second kappa shape index (κ2) is 10.6. The van der Waals surface area contributed by atoms with Crippen LogP contribution in [0.5, 0.6) is 0 Å². The SMILES string of the molecule is O=S1c2ccccc2N(c2ccc3ccccc3c2)c2ccc3c(c21)-c1ccccc1C31c2ccccc2N(c2ccccc2)c2ccccc21. The normalized spacial score (nSPS) is 15.8. The molecule has 0 bridgehead atoms. The molecule has 3 nitrogen and oxygen atoms in total. The lowest BCUT2D eigenvalue weighted by Crippen LogP contribution is -2.36. The maximum absolute atomic E-state index is 15.1. The molecule has 4 heteroatoms. The van der Waals surface area contributed by atoms with Crippen molar-refractivity contribution in [2.75, 3.05) is 9.80 Å². The van der Waals surface area contributed by atoms with E-state index in [-0.39, 0.29) is 0 Å². The van der Waals surface area contributed by atoms with Crippen molar-refractivity contribution in [2.45, 2.75) is 15.2 Å². The molecule has 0 amide bonds. The summed E-state index contributed by atoms with van der Waals surface area (Å²) in [5, 5.41) is 2.36. The number of anilines is 6. The fraction of sp³-hybridized carbons (Fsp3) is 0.0213. The molecule has 2 heterocycles. The molecule has 3 aliphatic rings. The van der Waals surface area contributed by atoms with Gasteiger partial charge in [0.2, 0.25) is 0 Å². The molecule has 0 saturated carbocycles. The minimum atomic E-state index is -1.43. The Bertz CT molecular complexity index is 2710. The smallest absolute Gasteiger partial charge is 0.0898 e. The maximum atomic E-state index is 15.1. The van der Waals surface area contributed by atoms with E-state index in [1.165, 1.54) is 33.0 Å². The van der Waals surface area contributed by atoms with Gasteiger partial charge in [0.05, 0.1) is 48.8 Å². The van der Waals surface area contributed by atoms with E-state index in [1.807, 2.05) is 18.2 Å². The summed E-state index contributed by atoms with van der Waals surface area (Å²) in [6.07, 6.45) is 0. The van der Waals surface area contributed by atoms with Gasteiger partial charge >= 0.3 is 0 Å². The Balaban J connectivity index is 1.24. The first-order valence-electron chi connectivity index (χ1n) is 17.4. The molecular weight excluding hydrogens is 641 g/mol. The summed E-state index contributed by atoms with van der Waals surface area (Å²) >= 11 is 0. The predicted molar refractivity (Wildman–Crippen MR) is 209 cm³/mol. The van der Waals surface area contributed by atoms with E-state index in [9.17, 15) is 0 Å². The lowest BCUT2D eigenvalue weighted by atomic mass is 9.64. The first kappa shape index (κ1) is 28.6. The standard InChI is InChI=1S/C47H30N2OS/c50-51-44-25-13-12-24-42(44)49(34-27-26-31-14-4-5-15-32(31)30-34)43-29-28-39-45(46(43)51)35-18-6-7-19-36(35)47(39)37-20-8-10-22-40(37)48(33-16-2-1-3-17-33)41-23-11-9-21-38(41)47/h1-30H. The van der Waals surface area contributed by atoms with Gasteiger partial charge in [0.1, 0.15) is 0 Å². The van der Waals surface area contributed by atoms with Crippen LogP contribution < -0.4 is 9.80 Å². The number of fused-ring (bicyclic) bond motifs is 13. The van der Waals surface area contributed by atoms with E-state index in [2.05, 4.69) is 174 Å². The van der Waals surface area contributed by atoms with Crippen LogP contribution in [0.4, 0.5) is 34.1 Å². The topological polar surface area (TPSA) is 23.6 Å². The number of para-hydroxylation sites is 4. The van der Waals surface area contributed by atoms with Gasteiger partial charge in [0.15, 0.2) is 0 Å². The van der Waals surface area contributed by atoms with Crippen molar-refractivity contribution in [2.24, 2.45) is 0 Å².